The molecule has 0 spiro atoms. The first-order valence-corrected chi connectivity index (χ1v) is 14.5. The molecule has 0 amide bonds. The fraction of sp³-hybridized carbons (Fsp3) is 0.206. The first-order chi connectivity index (χ1) is 20.5. The molecule has 5 atom stereocenters. The van der Waals surface area contributed by atoms with Crippen molar-refractivity contribution in [1.82, 2.24) is 0 Å². The van der Waals surface area contributed by atoms with Crippen LogP contribution < -0.4 is 0 Å². The lowest BCUT2D eigenvalue weighted by molar-refractivity contribution is -0.180. The minimum Gasteiger partial charge on any atom is -0.459 e. The lowest BCUT2D eigenvalue weighted by Gasteiger charge is -2.44. The van der Waals surface area contributed by atoms with Crippen molar-refractivity contribution in [2.75, 3.05) is 6.61 Å². The molecule has 0 aliphatic carbocycles. The number of carbonyl (C=O) groups excluding carboxylic acids is 3. The molecule has 1 fully saturated rings. The molecule has 42 heavy (non-hydrogen) atoms. The van der Waals surface area contributed by atoms with Crippen LogP contribution in [-0.4, -0.2) is 48.3 Å². The third-order valence-corrected chi connectivity index (χ3v) is 8.02. The molecule has 214 valence electrons. The van der Waals surface area contributed by atoms with Gasteiger partial charge in [-0.25, -0.2) is 14.4 Å². The molecule has 8 heteroatoms. The van der Waals surface area contributed by atoms with E-state index in [1.165, 1.54) is 11.8 Å². The van der Waals surface area contributed by atoms with Crippen LogP contribution in [0.2, 0.25) is 0 Å². The second-order valence-corrected chi connectivity index (χ2v) is 10.9. The highest BCUT2D eigenvalue weighted by molar-refractivity contribution is 7.99. The summed E-state index contributed by atoms with van der Waals surface area (Å²) in [5.74, 6) is -2.11. The summed E-state index contributed by atoms with van der Waals surface area (Å²) < 4.78 is 24.2. The molecular weight excluding hydrogens is 552 g/mol. The summed E-state index contributed by atoms with van der Waals surface area (Å²) in [6, 6.07) is 35.5. The molecule has 1 heterocycles. The van der Waals surface area contributed by atoms with Gasteiger partial charge in [0, 0.05) is 10.8 Å². The smallest absolute Gasteiger partial charge is 0.338 e. The fourth-order valence-electron chi connectivity index (χ4n) is 4.66. The van der Waals surface area contributed by atoms with Gasteiger partial charge in [0.15, 0.2) is 0 Å². The normalized spacial score (nSPS) is 21.6. The number of hydrogen-bond donors (Lipinski definition) is 0. The van der Waals surface area contributed by atoms with E-state index < -0.39 is 47.6 Å². The molecule has 0 saturated carbocycles. The fourth-order valence-corrected chi connectivity index (χ4v) is 5.87. The van der Waals surface area contributed by atoms with Crippen LogP contribution in [0.1, 0.15) is 38.0 Å². The highest BCUT2D eigenvalue weighted by Gasteiger charge is 2.49. The van der Waals surface area contributed by atoms with Crippen molar-refractivity contribution >= 4 is 29.7 Å². The average molecular weight is 583 g/mol. The van der Waals surface area contributed by atoms with Gasteiger partial charge < -0.3 is 18.9 Å². The quantitative estimate of drug-likeness (QED) is 0.164. The summed E-state index contributed by atoms with van der Waals surface area (Å²) in [5.41, 5.74) is 0.472. The Balaban J connectivity index is 1.43. The molecular formula is C34H30O7S. The van der Waals surface area contributed by atoms with Crippen molar-refractivity contribution in [2.24, 2.45) is 5.92 Å². The zero-order chi connectivity index (χ0) is 29.3. The summed E-state index contributed by atoms with van der Waals surface area (Å²) in [6.07, 6.45) is -2.51. The molecule has 0 N–H and O–H groups in total. The SMILES string of the molecule is CC1C(OC(=O)c2ccccc2)[C@H](Sc2ccccc2)OC(COC(=O)c2ccccc2)[C@@H]1OC(=O)c1ccccc1. The molecule has 3 unspecified atom stereocenters. The molecule has 4 aromatic rings. The maximum absolute atomic E-state index is 13.2. The zero-order valence-corrected chi connectivity index (χ0v) is 23.7. The Morgan fingerprint density at radius 1 is 0.619 bits per heavy atom. The summed E-state index contributed by atoms with van der Waals surface area (Å²) in [7, 11) is 0. The van der Waals surface area contributed by atoms with Crippen LogP contribution in [0.3, 0.4) is 0 Å². The highest BCUT2D eigenvalue weighted by atomic mass is 32.2. The second-order valence-electron chi connectivity index (χ2n) is 9.77. The van der Waals surface area contributed by atoms with E-state index in [1.54, 1.807) is 78.9 Å². The van der Waals surface area contributed by atoms with Crippen molar-refractivity contribution in [3.63, 3.8) is 0 Å². The van der Waals surface area contributed by atoms with E-state index in [-0.39, 0.29) is 6.61 Å². The highest BCUT2D eigenvalue weighted by Crippen LogP contribution is 2.39. The van der Waals surface area contributed by atoms with E-state index in [2.05, 4.69) is 0 Å². The van der Waals surface area contributed by atoms with Crippen molar-refractivity contribution in [3.05, 3.63) is 138 Å². The topological polar surface area (TPSA) is 88.1 Å². The Morgan fingerprint density at radius 3 is 1.55 bits per heavy atom. The minimum absolute atomic E-state index is 0.171. The van der Waals surface area contributed by atoms with Crippen LogP contribution >= 0.6 is 11.8 Å². The zero-order valence-electron chi connectivity index (χ0n) is 22.9. The Labute approximate surface area is 248 Å². The van der Waals surface area contributed by atoms with E-state index in [9.17, 15) is 14.4 Å². The Kier molecular flexibility index (Phi) is 9.69. The van der Waals surface area contributed by atoms with Crippen molar-refractivity contribution < 1.29 is 33.3 Å². The van der Waals surface area contributed by atoms with E-state index in [4.69, 9.17) is 18.9 Å². The number of thioether (sulfide) groups is 1. The standard InChI is InChI=1S/C34H30O7S/c1-23-29(40-32(36)25-16-8-3-9-17-25)28(22-38-31(35)24-14-6-2-7-15-24)39-34(42-27-20-12-5-13-21-27)30(23)41-33(37)26-18-10-4-11-19-26/h2-21,23,28-30,34H,22H2,1H3/t23?,28?,29-,30?,34+/m1/s1. The predicted octanol–water partition coefficient (Wildman–Crippen LogP) is 6.45. The van der Waals surface area contributed by atoms with Crippen molar-refractivity contribution in [1.29, 1.82) is 0 Å². The minimum atomic E-state index is -0.887. The van der Waals surface area contributed by atoms with Crippen LogP contribution in [0, 0.1) is 5.92 Å². The largest absolute Gasteiger partial charge is 0.459 e. The Morgan fingerprint density at radius 2 is 1.05 bits per heavy atom. The first-order valence-electron chi connectivity index (χ1n) is 13.6. The van der Waals surface area contributed by atoms with Gasteiger partial charge in [-0.15, -0.1) is 0 Å². The molecule has 4 aromatic carbocycles. The number of ether oxygens (including phenoxy) is 4. The first kappa shape index (κ1) is 29.1. The second kappa shape index (κ2) is 14.0. The molecule has 0 bridgehead atoms. The van der Waals surface area contributed by atoms with Crippen LogP contribution in [0.15, 0.2) is 126 Å². The van der Waals surface area contributed by atoms with Gasteiger partial charge in [-0.05, 0) is 48.5 Å². The van der Waals surface area contributed by atoms with Gasteiger partial charge >= 0.3 is 17.9 Å². The van der Waals surface area contributed by atoms with Crippen LogP contribution in [0.4, 0.5) is 0 Å². The van der Waals surface area contributed by atoms with Crippen molar-refractivity contribution in [2.45, 2.75) is 35.6 Å². The maximum Gasteiger partial charge on any atom is 0.338 e. The lowest BCUT2D eigenvalue weighted by Crippen LogP contribution is -2.56. The molecule has 5 rings (SSSR count). The monoisotopic (exact) mass is 582 g/mol. The van der Waals surface area contributed by atoms with Gasteiger partial charge in [0.1, 0.15) is 30.4 Å². The average Bonchev–Trinajstić information content (AvgIpc) is 3.04. The Hall–Kier alpha value is -4.40. The van der Waals surface area contributed by atoms with Gasteiger partial charge in [0.05, 0.1) is 16.7 Å². The van der Waals surface area contributed by atoms with Crippen LogP contribution in [-0.2, 0) is 18.9 Å². The number of benzene rings is 4. The third kappa shape index (κ3) is 7.26. The van der Waals surface area contributed by atoms with Gasteiger partial charge in [-0.2, -0.15) is 0 Å². The summed E-state index contributed by atoms with van der Waals surface area (Å²) in [4.78, 5) is 40.1. The number of esters is 3. The molecule has 7 nitrogen and oxygen atoms in total. The van der Waals surface area contributed by atoms with Gasteiger partial charge in [0.25, 0.3) is 0 Å². The van der Waals surface area contributed by atoms with Gasteiger partial charge in [-0.3, -0.25) is 0 Å². The van der Waals surface area contributed by atoms with E-state index in [1.807, 2.05) is 49.4 Å². The third-order valence-electron chi connectivity index (χ3n) is 6.87. The number of carbonyl (C=O) groups is 3. The number of rotatable bonds is 9. The summed E-state index contributed by atoms with van der Waals surface area (Å²) >= 11 is 1.38. The maximum atomic E-state index is 13.2. The van der Waals surface area contributed by atoms with Crippen LogP contribution in [0.25, 0.3) is 0 Å². The molecule has 1 aliphatic rings. The van der Waals surface area contributed by atoms with E-state index >= 15 is 0 Å². The molecule has 0 aromatic heterocycles. The molecule has 1 saturated heterocycles. The summed E-state index contributed by atoms with van der Waals surface area (Å²) in [5, 5.41) is 0. The summed E-state index contributed by atoms with van der Waals surface area (Å²) in [6.45, 7) is 1.68. The molecule has 0 radical (unpaired) electrons. The number of hydrogen-bond acceptors (Lipinski definition) is 8. The van der Waals surface area contributed by atoms with E-state index in [0.717, 1.165) is 4.90 Å². The Bertz CT molecular complexity index is 1460. The van der Waals surface area contributed by atoms with Crippen LogP contribution in [0.5, 0.6) is 0 Å². The van der Waals surface area contributed by atoms with E-state index in [0.29, 0.717) is 16.7 Å². The lowest BCUT2D eigenvalue weighted by atomic mass is 9.91. The van der Waals surface area contributed by atoms with Gasteiger partial charge in [0.2, 0.25) is 0 Å². The van der Waals surface area contributed by atoms with Crippen molar-refractivity contribution in [3.8, 4) is 0 Å². The predicted molar refractivity (Wildman–Crippen MR) is 158 cm³/mol. The molecule has 1 aliphatic heterocycles. The van der Waals surface area contributed by atoms with Gasteiger partial charge in [-0.1, -0.05) is 91.5 Å².